The molecule has 17 heavy (non-hydrogen) atoms. The Bertz CT molecular complexity index is 244. The highest BCUT2D eigenvalue weighted by Gasteiger charge is 2.14. The number of nitrogens with zero attached hydrogens (tertiary/aromatic N) is 2. The average Bonchev–Trinajstić information content (AvgIpc) is 2.22. The fourth-order valence-corrected chi connectivity index (χ4v) is 1.38. The van der Waals surface area contributed by atoms with E-state index in [2.05, 4.69) is 0 Å². The number of ether oxygens (including phenoxy) is 1. The second kappa shape index (κ2) is 8.95. The Morgan fingerprint density at radius 1 is 1.18 bits per heavy atom. The number of carbonyl (C=O) groups excluding carboxylic acids is 1. The molecule has 0 radical (unpaired) electrons. The van der Waals surface area contributed by atoms with Crippen molar-refractivity contribution in [3.63, 3.8) is 0 Å². The molecule has 0 saturated carbocycles. The largest absolute Gasteiger partial charge is 0.481 e. The van der Waals surface area contributed by atoms with Gasteiger partial charge in [0.2, 0.25) is 5.91 Å². The summed E-state index contributed by atoms with van der Waals surface area (Å²) in [6.07, 6.45) is 0.791. The van der Waals surface area contributed by atoms with Gasteiger partial charge in [-0.05, 0) is 27.1 Å². The zero-order valence-electron chi connectivity index (χ0n) is 10.8. The lowest BCUT2D eigenvalue weighted by Crippen LogP contribution is -2.37. The number of carboxylic acid groups (broad SMARTS) is 1. The van der Waals surface area contributed by atoms with Gasteiger partial charge in [0.05, 0.1) is 6.42 Å². The van der Waals surface area contributed by atoms with Crippen LogP contribution in [0.3, 0.4) is 0 Å². The van der Waals surface area contributed by atoms with Gasteiger partial charge < -0.3 is 19.6 Å². The molecule has 0 fully saturated rings. The average molecular weight is 246 g/mol. The summed E-state index contributed by atoms with van der Waals surface area (Å²) in [5.74, 6) is -1.06. The molecule has 1 N–H and O–H groups in total. The summed E-state index contributed by atoms with van der Waals surface area (Å²) in [5.41, 5.74) is 0. The standard InChI is InChI=1S/C11H22N2O4/c1-12(2)6-4-7-13(8-5-11(15)16)10(14)9-17-3/h4-9H2,1-3H3,(H,15,16). The van der Waals surface area contributed by atoms with Crippen molar-refractivity contribution in [1.82, 2.24) is 9.80 Å². The molecule has 0 aliphatic carbocycles. The van der Waals surface area contributed by atoms with Crippen LogP contribution in [0.1, 0.15) is 12.8 Å². The van der Waals surface area contributed by atoms with E-state index in [4.69, 9.17) is 9.84 Å². The molecule has 100 valence electrons. The second-order valence-corrected chi connectivity index (χ2v) is 4.11. The van der Waals surface area contributed by atoms with Crippen molar-refractivity contribution < 1.29 is 19.4 Å². The molecule has 0 bridgehead atoms. The van der Waals surface area contributed by atoms with Crippen LogP contribution < -0.4 is 0 Å². The summed E-state index contributed by atoms with van der Waals surface area (Å²) in [6.45, 7) is 1.67. The maximum absolute atomic E-state index is 11.6. The van der Waals surface area contributed by atoms with Crippen LogP contribution in [-0.4, -0.2) is 74.2 Å². The number of amides is 1. The van der Waals surface area contributed by atoms with Crippen LogP contribution in [0.15, 0.2) is 0 Å². The van der Waals surface area contributed by atoms with Gasteiger partial charge >= 0.3 is 5.97 Å². The molecule has 0 aliphatic heterocycles. The fourth-order valence-electron chi connectivity index (χ4n) is 1.38. The Balaban J connectivity index is 4.09. The first-order valence-electron chi connectivity index (χ1n) is 5.60. The Hall–Kier alpha value is -1.14. The van der Waals surface area contributed by atoms with E-state index >= 15 is 0 Å². The molecule has 0 rings (SSSR count). The predicted molar refractivity (Wildman–Crippen MR) is 63.9 cm³/mol. The second-order valence-electron chi connectivity index (χ2n) is 4.11. The van der Waals surface area contributed by atoms with E-state index in [0.717, 1.165) is 13.0 Å². The SMILES string of the molecule is COCC(=O)N(CCCN(C)C)CCC(=O)O. The number of aliphatic carboxylic acids is 1. The molecular formula is C11H22N2O4. The number of hydrogen-bond donors (Lipinski definition) is 1. The summed E-state index contributed by atoms with van der Waals surface area (Å²) < 4.78 is 4.77. The summed E-state index contributed by atoms with van der Waals surface area (Å²) in [4.78, 5) is 25.7. The van der Waals surface area contributed by atoms with Gasteiger partial charge in [-0.1, -0.05) is 0 Å². The van der Waals surface area contributed by atoms with Crippen molar-refractivity contribution >= 4 is 11.9 Å². The van der Waals surface area contributed by atoms with Crippen molar-refractivity contribution in [2.24, 2.45) is 0 Å². The first kappa shape index (κ1) is 15.9. The molecule has 0 unspecified atom stereocenters. The Morgan fingerprint density at radius 2 is 1.82 bits per heavy atom. The number of hydrogen-bond acceptors (Lipinski definition) is 4. The monoisotopic (exact) mass is 246 g/mol. The molecule has 0 saturated heterocycles. The molecule has 0 atom stereocenters. The molecular weight excluding hydrogens is 224 g/mol. The van der Waals surface area contributed by atoms with Gasteiger partial charge in [0, 0.05) is 20.2 Å². The number of rotatable bonds is 9. The van der Waals surface area contributed by atoms with Crippen LogP contribution in [0.2, 0.25) is 0 Å². The van der Waals surface area contributed by atoms with Crippen LogP contribution in [0, 0.1) is 0 Å². The van der Waals surface area contributed by atoms with E-state index in [-0.39, 0.29) is 25.5 Å². The van der Waals surface area contributed by atoms with E-state index in [1.165, 1.54) is 7.11 Å². The molecule has 0 spiro atoms. The van der Waals surface area contributed by atoms with E-state index in [0.29, 0.717) is 6.54 Å². The van der Waals surface area contributed by atoms with Crippen LogP contribution in [0.25, 0.3) is 0 Å². The van der Waals surface area contributed by atoms with E-state index < -0.39 is 5.97 Å². The van der Waals surface area contributed by atoms with Crippen molar-refractivity contribution in [2.45, 2.75) is 12.8 Å². The maximum Gasteiger partial charge on any atom is 0.305 e. The summed E-state index contributed by atoms with van der Waals surface area (Å²) in [5, 5.41) is 8.61. The summed E-state index contributed by atoms with van der Waals surface area (Å²) in [7, 11) is 5.37. The lowest BCUT2D eigenvalue weighted by atomic mass is 10.3. The first-order chi connectivity index (χ1) is 7.97. The molecule has 1 amide bonds. The van der Waals surface area contributed by atoms with Crippen LogP contribution in [0.5, 0.6) is 0 Å². The van der Waals surface area contributed by atoms with E-state index in [9.17, 15) is 9.59 Å². The third kappa shape index (κ3) is 8.65. The smallest absolute Gasteiger partial charge is 0.305 e. The minimum atomic E-state index is -0.896. The Kier molecular flexibility index (Phi) is 8.35. The minimum absolute atomic E-state index is 0.00157. The van der Waals surface area contributed by atoms with Crippen LogP contribution in [0.4, 0.5) is 0 Å². The molecule has 0 aromatic carbocycles. The lowest BCUT2D eigenvalue weighted by Gasteiger charge is -2.22. The molecule has 0 aliphatic rings. The van der Waals surface area contributed by atoms with Crippen molar-refractivity contribution in [1.29, 1.82) is 0 Å². The quantitative estimate of drug-likeness (QED) is 0.614. The fraction of sp³-hybridized carbons (Fsp3) is 0.818. The predicted octanol–water partition coefficient (Wildman–Crippen LogP) is -0.112. The first-order valence-corrected chi connectivity index (χ1v) is 5.60. The summed E-state index contributed by atoms with van der Waals surface area (Å²) in [6, 6.07) is 0. The van der Waals surface area contributed by atoms with Crippen molar-refractivity contribution in [3.05, 3.63) is 0 Å². The van der Waals surface area contributed by atoms with Gasteiger partial charge in [0.1, 0.15) is 6.61 Å². The number of carbonyl (C=O) groups is 2. The summed E-state index contributed by atoms with van der Waals surface area (Å²) >= 11 is 0. The normalized spacial score (nSPS) is 10.6. The van der Waals surface area contributed by atoms with Gasteiger partial charge in [-0.15, -0.1) is 0 Å². The highest BCUT2D eigenvalue weighted by atomic mass is 16.5. The van der Waals surface area contributed by atoms with Crippen LogP contribution in [-0.2, 0) is 14.3 Å². The third-order valence-electron chi connectivity index (χ3n) is 2.25. The van der Waals surface area contributed by atoms with Gasteiger partial charge in [-0.3, -0.25) is 9.59 Å². The van der Waals surface area contributed by atoms with Crippen molar-refractivity contribution in [3.8, 4) is 0 Å². The zero-order valence-corrected chi connectivity index (χ0v) is 10.8. The molecule has 0 aromatic heterocycles. The minimum Gasteiger partial charge on any atom is -0.481 e. The third-order valence-corrected chi connectivity index (χ3v) is 2.25. The van der Waals surface area contributed by atoms with E-state index in [1.54, 1.807) is 4.90 Å². The van der Waals surface area contributed by atoms with Gasteiger partial charge in [0.25, 0.3) is 0 Å². The zero-order chi connectivity index (χ0) is 13.3. The highest BCUT2D eigenvalue weighted by molar-refractivity contribution is 5.78. The number of methoxy groups -OCH3 is 1. The highest BCUT2D eigenvalue weighted by Crippen LogP contribution is 1.97. The molecule has 6 nitrogen and oxygen atoms in total. The van der Waals surface area contributed by atoms with Gasteiger partial charge in [-0.2, -0.15) is 0 Å². The Morgan fingerprint density at radius 3 is 2.29 bits per heavy atom. The topological polar surface area (TPSA) is 70.1 Å². The lowest BCUT2D eigenvalue weighted by molar-refractivity contribution is -0.139. The van der Waals surface area contributed by atoms with Crippen molar-refractivity contribution in [2.75, 3.05) is 47.4 Å². The van der Waals surface area contributed by atoms with E-state index in [1.807, 2.05) is 19.0 Å². The Labute approximate surface area is 102 Å². The molecule has 6 heteroatoms. The van der Waals surface area contributed by atoms with Crippen LogP contribution >= 0.6 is 0 Å². The molecule has 0 aromatic rings. The van der Waals surface area contributed by atoms with Gasteiger partial charge in [-0.25, -0.2) is 0 Å². The number of carboxylic acids is 1. The van der Waals surface area contributed by atoms with Gasteiger partial charge in [0.15, 0.2) is 0 Å². The maximum atomic E-state index is 11.6. The molecule has 0 heterocycles.